The number of anilines is 3. The summed E-state index contributed by atoms with van der Waals surface area (Å²) >= 11 is 0. The molecule has 0 spiro atoms. The molecule has 28 heavy (non-hydrogen) atoms. The van der Waals surface area contributed by atoms with E-state index in [4.69, 9.17) is 0 Å². The quantitative estimate of drug-likeness (QED) is 0.740. The maximum absolute atomic E-state index is 12.6. The number of pyridine rings is 1. The molecule has 1 N–H and O–H groups in total. The number of carbonyl (C=O) groups is 1. The second-order valence-electron chi connectivity index (χ2n) is 7.85. The van der Waals surface area contributed by atoms with Crippen molar-refractivity contribution in [2.24, 2.45) is 5.92 Å². The monoisotopic (exact) mass is 380 g/mol. The predicted octanol–water partition coefficient (Wildman–Crippen LogP) is 4.93. The molecule has 5 nitrogen and oxygen atoms in total. The van der Waals surface area contributed by atoms with Crippen LogP contribution in [0.2, 0.25) is 0 Å². The predicted molar refractivity (Wildman–Crippen MR) is 116 cm³/mol. The summed E-state index contributed by atoms with van der Waals surface area (Å²) in [6, 6.07) is 12.1. The van der Waals surface area contributed by atoms with E-state index < -0.39 is 0 Å². The first-order valence-electron chi connectivity index (χ1n) is 10.4. The summed E-state index contributed by atoms with van der Waals surface area (Å²) in [5, 5.41) is 3.32. The molecule has 0 aliphatic carbocycles. The van der Waals surface area contributed by atoms with Crippen LogP contribution in [0.3, 0.4) is 0 Å². The lowest BCUT2D eigenvalue weighted by Gasteiger charge is -2.32. The van der Waals surface area contributed by atoms with Crippen molar-refractivity contribution in [1.82, 2.24) is 9.88 Å². The minimum Gasteiger partial charge on any atom is -0.372 e. The molecule has 3 rings (SSSR count). The summed E-state index contributed by atoms with van der Waals surface area (Å²) in [4.78, 5) is 21.2. The number of unbranched alkanes of at least 4 members (excludes halogenated alkanes) is 1. The molecule has 0 saturated carbocycles. The van der Waals surface area contributed by atoms with E-state index in [-0.39, 0.29) is 5.91 Å². The Bertz CT molecular complexity index is 766. The Hall–Kier alpha value is -2.56. The van der Waals surface area contributed by atoms with Crippen molar-refractivity contribution in [3.05, 3.63) is 48.2 Å². The number of nitrogens with zero attached hydrogens (tertiary/aromatic N) is 3. The molecule has 0 bridgehead atoms. The molecule has 1 aromatic heterocycles. The summed E-state index contributed by atoms with van der Waals surface area (Å²) in [7, 11) is 1.85. The molecular weight excluding hydrogens is 348 g/mol. The molecule has 1 aromatic carbocycles. The van der Waals surface area contributed by atoms with Crippen molar-refractivity contribution >= 4 is 23.1 Å². The average molecular weight is 381 g/mol. The van der Waals surface area contributed by atoms with Gasteiger partial charge in [-0.2, -0.15) is 0 Å². The Labute approximate surface area is 168 Å². The van der Waals surface area contributed by atoms with Gasteiger partial charge in [0.05, 0.1) is 0 Å². The third-order valence-corrected chi connectivity index (χ3v) is 5.49. The number of carbonyl (C=O) groups excluding carboxylic acids is 1. The Morgan fingerprint density at radius 3 is 2.61 bits per heavy atom. The van der Waals surface area contributed by atoms with Crippen molar-refractivity contribution in [2.45, 2.75) is 39.5 Å². The van der Waals surface area contributed by atoms with E-state index in [9.17, 15) is 4.79 Å². The van der Waals surface area contributed by atoms with E-state index in [1.54, 1.807) is 17.2 Å². The van der Waals surface area contributed by atoms with Gasteiger partial charge >= 0.3 is 0 Å². The van der Waals surface area contributed by atoms with Crippen LogP contribution in [-0.2, 0) is 0 Å². The highest BCUT2D eigenvalue weighted by Gasteiger charge is 2.16. The van der Waals surface area contributed by atoms with Crippen molar-refractivity contribution in [2.75, 3.05) is 36.9 Å². The zero-order valence-corrected chi connectivity index (χ0v) is 17.3. The van der Waals surface area contributed by atoms with Crippen molar-refractivity contribution < 1.29 is 4.79 Å². The third-order valence-electron chi connectivity index (χ3n) is 5.49. The van der Waals surface area contributed by atoms with Crippen LogP contribution in [0.1, 0.15) is 49.9 Å². The number of rotatable bonds is 7. The minimum atomic E-state index is 0.0357. The average Bonchev–Trinajstić information content (AvgIpc) is 2.73. The zero-order chi connectivity index (χ0) is 19.9. The molecule has 0 radical (unpaired) electrons. The van der Waals surface area contributed by atoms with Crippen LogP contribution in [0.5, 0.6) is 0 Å². The van der Waals surface area contributed by atoms with Gasteiger partial charge in [0.15, 0.2) is 0 Å². The standard InChI is InChI=1S/C23H32N4O/c1-4-5-14-26(3)23(28)19-10-13-24-22(17-19)25-20-6-8-21(9-7-20)27-15-11-18(2)12-16-27/h6-10,13,17-18H,4-5,11-12,14-16H2,1-3H3,(H,24,25). The summed E-state index contributed by atoms with van der Waals surface area (Å²) in [6.07, 6.45) is 6.30. The van der Waals surface area contributed by atoms with Crippen molar-refractivity contribution in [3.8, 4) is 0 Å². The van der Waals surface area contributed by atoms with E-state index in [1.165, 1.54) is 18.5 Å². The van der Waals surface area contributed by atoms with Crippen molar-refractivity contribution in [1.29, 1.82) is 0 Å². The molecule has 1 aliphatic heterocycles. The Balaban J connectivity index is 1.63. The Kier molecular flexibility index (Phi) is 6.90. The van der Waals surface area contributed by atoms with Crippen LogP contribution in [0, 0.1) is 5.92 Å². The molecule has 0 unspecified atom stereocenters. The number of nitrogens with one attached hydrogen (secondary N) is 1. The van der Waals surface area contributed by atoms with E-state index in [0.29, 0.717) is 11.4 Å². The highest BCUT2D eigenvalue weighted by atomic mass is 16.2. The Morgan fingerprint density at radius 2 is 1.93 bits per heavy atom. The molecule has 1 saturated heterocycles. The number of benzene rings is 1. The van der Waals surface area contributed by atoms with Crippen LogP contribution < -0.4 is 10.2 Å². The first kappa shape index (κ1) is 20.2. The lowest BCUT2D eigenvalue weighted by molar-refractivity contribution is 0.0793. The minimum absolute atomic E-state index is 0.0357. The van der Waals surface area contributed by atoms with Crippen LogP contribution in [-0.4, -0.2) is 42.5 Å². The number of amides is 1. The smallest absolute Gasteiger partial charge is 0.253 e. The summed E-state index contributed by atoms with van der Waals surface area (Å²) in [5.41, 5.74) is 2.91. The van der Waals surface area contributed by atoms with Crippen molar-refractivity contribution in [3.63, 3.8) is 0 Å². The van der Waals surface area contributed by atoms with Gasteiger partial charge in [0, 0.05) is 49.8 Å². The van der Waals surface area contributed by atoms with Crippen LogP contribution >= 0.6 is 0 Å². The topological polar surface area (TPSA) is 48.5 Å². The molecule has 2 heterocycles. The fourth-order valence-electron chi connectivity index (χ4n) is 3.52. The molecule has 150 valence electrons. The molecule has 1 amide bonds. The van der Waals surface area contributed by atoms with Crippen LogP contribution in [0.25, 0.3) is 0 Å². The maximum Gasteiger partial charge on any atom is 0.253 e. The largest absolute Gasteiger partial charge is 0.372 e. The van der Waals surface area contributed by atoms with Gasteiger partial charge in [-0.25, -0.2) is 4.98 Å². The maximum atomic E-state index is 12.6. The summed E-state index contributed by atoms with van der Waals surface area (Å²) in [6.45, 7) is 7.50. The highest BCUT2D eigenvalue weighted by Crippen LogP contribution is 2.25. The Morgan fingerprint density at radius 1 is 1.21 bits per heavy atom. The van der Waals surface area contributed by atoms with E-state index in [0.717, 1.165) is 44.1 Å². The number of hydrogen-bond acceptors (Lipinski definition) is 4. The van der Waals surface area contributed by atoms with E-state index in [2.05, 4.69) is 53.3 Å². The van der Waals surface area contributed by atoms with E-state index >= 15 is 0 Å². The normalized spacial score (nSPS) is 14.8. The highest BCUT2D eigenvalue weighted by molar-refractivity contribution is 5.94. The molecular formula is C23H32N4O. The second kappa shape index (κ2) is 9.58. The lowest BCUT2D eigenvalue weighted by Crippen LogP contribution is -2.32. The first-order chi connectivity index (χ1) is 13.6. The van der Waals surface area contributed by atoms with Gasteiger partial charge in [0.2, 0.25) is 0 Å². The van der Waals surface area contributed by atoms with E-state index in [1.807, 2.05) is 13.1 Å². The first-order valence-corrected chi connectivity index (χ1v) is 10.4. The fraction of sp³-hybridized carbons (Fsp3) is 0.478. The second-order valence-corrected chi connectivity index (χ2v) is 7.85. The van der Waals surface area contributed by atoms with Gasteiger partial charge in [-0.3, -0.25) is 4.79 Å². The number of hydrogen-bond donors (Lipinski definition) is 1. The number of piperidine rings is 1. The van der Waals surface area contributed by atoms with Gasteiger partial charge in [-0.1, -0.05) is 20.3 Å². The van der Waals surface area contributed by atoms with Gasteiger partial charge < -0.3 is 15.1 Å². The molecule has 1 fully saturated rings. The SMILES string of the molecule is CCCCN(C)C(=O)c1ccnc(Nc2ccc(N3CCC(C)CC3)cc2)c1. The fourth-order valence-corrected chi connectivity index (χ4v) is 3.52. The summed E-state index contributed by atoms with van der Waals surface area (Å²) < 4.78 is 0. The molecule has 5 heteroatoms. The van der Waals surface area contributed by atoms with Gasteiger partial charge in [-0.05, 0) is 61.6 Å². The molecule has 0 atom stereocenters. The number of aromatic nitrogens is 1. The van der Waals surface area contributed by atoms with Gasteiger partial charge in [0.25, 0.3) is 5.91 Å². The van der Waals surface area contributed by atoms with Crippen LogP contribution in [0.15, 0.2) is 42.6 Å². The molecule has 1 aliphatic rings. The lowest BCUT2D eigenvalue weighted by atomic mass is 9.99. The zero-order valence-electron chi connectivity index (χ0n) is 17.3. The van der Waals surface area contributed by atoms with Gasteiger partial charge in [-0.15, -0.1) is 0 Å². The van der Waals surface area contributed by atoms with Crippen LogP contribution in [0.4, 0.5) is 17.2 Å². The summed E-state index contributed by atoms with van der Waals surface area (Å²) in [5.74, 6) is 1.56. The third kappa shape index (κ3) is 5.24. The molecule has 2 aromatic rings. The van der Waals surface area contributed by atoms with Gasteiger partial charge in [0.1, 0.15) is 5.82 Å².